The van der Waals surface area contributed by atoms with Crippen LogP contribution in [0.3, 0.4) is 0 Å². The highest BCUT2D eigenvalue weighted by Gasteiger charge is 2.11. The van der Waals surface area contributed by atoms with E-state index < -0.39 is 6.09 Å². The predicted octanol–water partition coefficient (Wildman–Crippen LogP) is 3.77. The Kier molecular flexibility index (Phi) is 4.79. The van der Waals surface area contributed by atoms with Crippen LogP contribution in [-0.2, 0) is 0 Å². The van der Waals surface area contributed by atoms with E-state index >= 15 is 0 Å². The molecule has 108 valence electrons. The van der Waals surface area contributed by atoms with Crippen LogP contribution in [0.1, 0.15) is 10.4 Å². The van der Waals surface area contributed by atoms with Crippen molar-refractivity contribution in [1.29, 1.82) is 0 Å². The quantitative estimate of drug-likeness (QED) is 0.873. The van der Waals surface area contributed by atoms with Crippen LogP contribution in [0.15, 0.2) is 42.5 Å². The number of nitrogens with one attached hydrogen (secondary N) is 1. The maximum atomic E-state index is 11.8. The first kappa shape index (κ1) is 14.9. The van der Waals surface area contributed by atoms with E-state index in [1.807, 2.05) is 0 Å². The summed E-state index contributed by atoms with van der Waals surface area (Å²) in [4.78, 5) is 22.5. The van der Waals surface area contributed by atoms with Crippen molar-refractivity contribution in [2.75, 3.05) is 12.4 Å². The zero-order valence-electron chi connectivity index (χ0n) is 11.1. The lowest BCUT2D eigenvalue weighted by atomic mass is 10.2. The van der Waals surface area contributed by atoms with Crippen LogP contribution in [-0.4, -0.2) is 19.5 Å². The van der Waals surface area contributed by atoms with Gasteiger partial charge in [0, 0.05) is 16.3 Å². The molecule has 2 aromatic carbocycles. The lowest BCUT2D eigenvalue weighted by Gasteiger charge is -2.10. The molecule has 2 rings (SSSR count). The Hall–Kier alpha value is -2.53. The number of benzene rings is 2. The standard InChI is InChI=1S/C15H12ClNO4/c1-20-14-8-10(9-18)2-7-13(14)21-15(19)17-12-5-3-11(16)4-6-12/h2-9H,1H3,(H,17,19). The monoisotopic (exact) mass is 305 g/mol. The summed E-state index contributed by atoms with van der Waals surface area (Å²) in [5, 5.41) is 3.12. The minimum atomic E-state index is -0.672. The molecule has 0 saturated heterocycles. The van der Waals surface area contributed by atoms with E-state index in [1.54, 1.807) is 24.3 Å². The third-order valence-electron chi connectivity index (χ3n) is 2.62. The summed E-state index contributed by atoms with van der Waals surface area (Å²) in [7, 11) is 1.42. The molecule has 5 nitrogen and oxygen atoms in total. The lowest BCUT2D eigenvalue weighted by molar-refractivity contribution is 0.112. The number of halogens is 1. The summed E-state index contributed by atoms with van der Waals surface area (Å²) in [5.41, 5.74) is 0.977. The first-order valence-electron chi connectivity index (χ1n) is 6.00. The zero-order valence-corrected chi connectivity index (χ0v) is 11.9. The summed E-state index contributed by atoms with van der Waals surface area (Å²) < 4.78 is 10.2. The summed E-state index contributed by atoms with van der Waals surface area (Å²) in [6.07, 6.45) is 0.00885. The molecule has 0 fully saturated rings. The number of hydrogen-bond acceptors (Lipinski definition) is 4. The average molecular weight is 306 g/mol. The molecule has 1 amide bonds. The molecule has 2 aromatic rings. The Bertz CT molecular complexity index is 655. The minimum absolute atomic E-state index is 0.217. The van der Waals surface area contributed by atoms with E-state index in [2.05, 4.69) is 5.32 Å². The molecule has 21 heavy (non-hydrogen) atoms. The van der Waals surface area contributed by atoms with Gasteiger partial charge >= 0.3 is 6.09 Å². The van der Waals surface area contributed by atoms with Gasteiger partial charge in [0.25, 0.3) is 0 Å². The van der Waals surface area contributed by atoms with Crippen molar-refractivity contribution >= 4 is 29.7 Å². The Morgan fingerprint density at radius 3 is 2.48 bits per heavy atom. The number of carbonyl (C=O) groups is 2. The van der Waals surface area contributed by atoms with Crippen molar-refractivity contribution in [2.24, 2.45) is 0 Å². The molecule has 0 spiro atoms. The maximum Gasteiger partial charge on any atom is 0.417 e. The second-order valence-electron chi connectivity index (χ2n) is 4.05. The molecule has 6 heteroatoms. The van der Waals surface area contributed by atoms with E-state index in [0.29, 0.717) is 28.3 Å². The second kappa shape index (κ2) is 6.76. The first-order valence-corrected chi connectivity index (χ1v) is 6.38. The van der Waals surface area contributed by atoms with Crippen molar-refractivity contribution in [3.63, 3.8) is 0 Å². The van der Waals surface area contributed by atoms with Crippen molar-refractivity contribution < 1.29 is 19.1 Å². The van der Waals surface area contributed by atoms with Crippen LogP contribution >= 0.6 is 11.6 Å². The van der Waals surface area contributed by atoms with Gasteiger partial charge in [-0.05, 0) is 42.5 Å². The van der Waals surface area contributed by atoms with E-state index in [1.165, 1.54) is 25.3 Å². The number of hydrogen-bond donors (Lipinski definition) is 1. The lowest BCUT2D eigenvalue weighted by Crippen LogP contribution is -2.17. The molecule has 0 aliphatic rings. The fourth-order valence-electron chi connectivity index (χ4n) is 1.62. The Balaban J connectivity index is 2.08. The highest BCUT2D eigenvalue weighted by atomic mass is 35.5. The van der Waals surface area contributed by atoms with Crippen LogP contribution in [0.5, 0.6) is 11.5 Å². The number of amides is 1. The van der Waals surface area contributed by atoms with E-state index in [-0.39, 0.29) is 5.75 Å². The molecule has 0 bridgehead atoms. The van der Waals surface area contributed by atoms with Crippen LogP contribution in [0.4, 0.5) is 10.5 Å². The van der Waals surface area contributed by atoms with Crippen molar-refractivity contribution in [2.45, 2.75) is 0 Å². The third-order valence-corrected chi connectivity index (χ3v) is 2.87. The van der Waals surface area contributed by atoms with Gasteiger partial charge in [0.15, 0.2) is 11.5 Å². The van der Waals surface area contributed by atoms with Gasteiger partial charge in [0.05, 0.1) is 7.11 Å². The van der Waals surface area contributed by atoms with Crippen molar-refractivity contribution in [1.82, 2.24) is 0 Å². The molecular weight excluding hydrogens is 294 g/mol. The van der Waals surface area contributed by atoms with Gasteiger partial charge < -0.3 is 9.47 Å². The van der Waals surface area contributed by atoms with E-state index in [4.69, 9.17) is 21.1 Å². The molecule has 1 N–H and O–H groups in total. The summed E-state index contributed by atoms with van der Waals surface area (Å²) in [5.74, 6) is 0.514. The van der Waals surface area contributed by atoms with Gasteiger partial charge in [0.2, 0.25) is 0 Å². The number of ether oxygens (including phenoxy) is 2. The Labute approximate surface area is 126 Å². The molecule has 0 aromatic heterocycles. The first-order chi connectivity index (χ1) is 10.1. The fraction of sp³-hybridized carbons (Fsp3) is 0.0667. The van der Waals surface area contributed by atoms with Crippen molar-refractivity contribution in [3.05, 3.63) is 53.1 Å². The summed E-state index contributed by atoms with van der Waals surface area (Å²) in [6, 6.07) is 11.1. The third kappa shape index (κ3) is 3.97. The zero-order chi connectivity index (χ0) is 15.2. The minimum Gasteiger partial charge on any atom is -0.493 e. The largest absolute Gasteiger partial charge is 0.493 e. The number of aldehydes is 1. The van der Waals surface area contributed by atoms with Gasteiger partial charge in [-0.25, -0.2) is 4.79 Å². The SMILES string of the molecule is COc1cc(C=O)ccc1OC(=O)Nc1ccc(Cl)cc1. The van der Waals surface area contributed by atoms with Crippen LogP contribution in [0.2, 0.25) is 5.02 Å². The van der Waals surface area contributed by atoms with Crippen LogP contribution in [0.25, 0.3) is 0 Å². The summed E-state index contributed by atoms with van der Waals surface area (Å²) in [6.45, 7) is 0. The summed E-state index contributed by atoms with van der Waals surface area (Å²) >= 11 is 5.76. The molecule has 0 unspecified atom stereocenters. The second-order valence-corrected chi connectivity index (χ2v) is 4.49. The van der Waals surface area contributed by atoms with Gasteiger partial charge in [-0.15, -0.1) is 0 Å². The predicted molar refractivity (Wildman–Crippen MR) is 79.5 cm³/mol. The van der Waals surface area contributed by atoms with Gasteiger partial charge in [-0.1, -0.05) is 11.6 Å². The van der Waals surface area contributed by atoms with Crippen LogP contribution in [0, 0.1) is 0 Å². The Morgan fingerprint density at radius 1 is 1.14 bits per heavy atom. The van der Waals surface area contributed by atoms with E-state index in [0.717, 1.165) is 0 Å². The number of anilines is 1. The number of methoxy groups -OCH3 is 1. The molecule has 0 saturated carbocycles. The molecule has 0 aliphatic carbocycles. The molecule has 0 radical (unpaired) electrons. The average Bonchev–Trinajstić information content (AvgIpc) is 2.50. The van der Waals surface area contributed by atoms with Gasteiger partial charge in [-0.2, -0.15) is 0 Å². The smallest absolute Gasteiger partial charge is 0.417 e. The van der Waals surface area contributed by atoms with E-state index in [9.17, 15) is 9.59 Å². The highest BCUT2D eigenvalue weighted by molar-refractivity contribution is 6.30. The molecular formula is C15H12ClNO4. The van der Waals surface area contributed by atoms with Gasteiger partial charge in [-0.3, -0.25) is 10.1 Å². The maximum absolute atomic E-state index is 11.8. The number of rotatable bonds is 4. The Morgan fingerprint density at radius 2 is 1.86 bits per heavy atom. The molecule has 0 aliphatic heterocycles. The van der Waals surface area contributed by atoms with Crippen LogP contribution < -0.4 is 14.8 Å². The molecule has 0 heterocycles. The number of carbonyl (C=O) groups excluding carboxylic acids is 2. The highest BCUT2D eigenvalue weighted by Crippen LogP contribution is 2.28. The normalized spacial score (nSPS) is 9.81. The van der Waals surface area contributed by atoms with Gasteiger partial charge in [0.1, 0.15) is 6.29 Å². The molecule has 0 atom stereocenters. The topological polar surface area (TPSA) is 64.6 Å². The fourth-order valence-corrected chi connectivity index (χ4v) is 1.74. The van der Waals surface area contributed by atoms with Crippen molar-refractivity contribution in [3.8, 4) is 11.5 Å².